The van der Waals surface area contributed by atoms with Gasteiger partial charge >= 0.3 is 0 Å². The maximum Gasteiger partial charge on any atom is 0.0366 e. The summed E-state index contributed by atoms with van der Waals surface area (Å²) in [6.07, 6.45) is 5.36. The van der Waals surface area contributed by atoms with Crippen LogP contribution in [-0.4, -0.2) is 25.7 Å². The molecule has 0 spiro atoms. The van der Waals surface area contributed by atoms with Crippen LogP contribution in [0.1, 0.15) is 32.6 Å². The van der Waals surface area contributed by atoms with E-state index in [-0.39, 0.29) is 0 Å². The Kier molecular flexibility index (Phi) is 4.87. The van der Waals surface area contributed by atoms with E-state index in [1.54, 1.807) is 0 Å². The third kappa shape index (κ3) is 4.39. The van der Waals surface area contributed by atoms with E-state index in [2.05, 4.69) is 47.5 Å². The second kappa shape index (κ2) is 6.65. The van der Waals surface area contributed by atoms with Crippen molar-refractivity contribution in [2.45, 2.75) is 38.6 Å². The highest BCUT2D eigenvalue weighted by Gasteiger charge is 2.19. The highest BCUT2D eigenvalue weighted by atomic mass is 15.1. The fourth-order valence-corrected chi connectivity index (χ4v) is 2.13. The van der Waals surface area contributed by atoms with Gasteiger partial charge in [0.1, 0.15) is 0 Å². The van der Waals surface area contributed by atoms with Crippen molar-refractivity contribution in [3.63, 3.8) is 0 Å². The number of hydrogen-bond acceptors (Lipinski definition) is 2. The second-order valence-corrected chi connectivity index (χ2v) is 4.85. The minimum Gasteiger partial charge on any atom is -0.372 e. The van der Waals surface area contributed by atoms with Gasteiger partial charge in [-0.05, 0) is 51.3 Å². The zero-order chi connectivity index (χ0) is 11.9. The Morgan fingerprint density at radius 2 is 1.94 bits per heavy atom. The van der Waals surface area contributed by atoms with Gasteiger partial charge in [-0.3, -0.25) is 0 Å². The molecule has 0 aromatic heterocycles. The lowest BCUT2D eigenvalue weighted by atomic mass is 10.2. The van der Waals surface area contributed by atoms with Crippen molar-refractivity contribution in [3.8, 4) is 0 Å². The highest BCUT2D eigenvalue weighted by Crippen LogP contribution is 2.18. The number of unbranched alkanes of at least 4 members (excludes halogenated alkanes) is 1. The zero-order valence-electron chi connectivity index (χ0n) is 10.9. The van der Waals surface area contributed by atoms with Gasteiger partial charge in [0.05, 0.1) is 0 Å². The summed E-state index contributed by atoms with van der Waals surface area (Å²) in [6, 6.07) is 11.6. The Balaban J connectivity index is 1.64. The van der Waals surface area contributed by atoms with Crippen molar-refractivity contribution in [3.05, 3.63) is 30.3 Å². The van der Waals surface area contributed by atoms with Crippen molar-refractivity contribution < 1.29 is 0 Å². The third-order valence-electron chi connectivity index (χ3n) is 3.37. The summed E-state index contributed by atoms with van der Waals surface area (Å²) < 4.78 is 0. The van der Waals surface area contributed by atoms with Crippen LogP contribution in [0.4, 0.5) is 5.69 Å². The van der Waals surface area contributed by atoms with Crippen LogP contribution in [0.15, 0.2) is 30.3 Å². The molecule has 0 atom stereocenters. The molecule has 2 rings (SSSR count). The molecule has 17 heavy (non-hydrogen) atoms. The molecule has 0 unspecified atom stereocenters. The number of hydrogen-bond donors (Lipinski definition) is 1. The van der Waals surface area contributed by atoms with Gasteiger partial charge in [-0.1, -0.05) is 18.2 Å². The fraction of sp³-hybridized carbons (Fsp3) is 0.600. The predicted octanol–water partition coefficient (Wildman–Crippen LogP) is 3.05. The fourth-order valence-electron chi connectivity index (χ4n) is 2.13. The summed E-state index contributed by atoms with van der Waals surface area (Å²) in [5.74, 6) is 0. The lowest BCUT2D eigenvalue weighted by Crippen LogP contribution is -2.25. The molecule has 1 fully saturated rings. The number of nitrogens with zero attached hydrogens (tertiary/aromatic N) is 1. The van der Waals surface area contributed by atoms with Crippen molar-refractivity contribution in [1.29, 1.82) is 0 Å². The van der Waals surface area contributed by atoms with Gasteiger partial charge in [0.2, 0.25) is 0 Å². The molecule has 1 aliphatic carbocycles. The second-order valence-electron chi connectivity index (χ2n) is 4.85. The van der Waals surface area contributed by atoms with E-state index in [1.807, 2.05) is 0 Å². The summed E-state index contributed by atoms with van der Waals surface area (Å²) in [7, 11) is 0. The number of anilines is 1. The van der Waals surface area contributed by atoms with Crippen LogP contribution in [0.2, 0.25) is 0 Å². The van der Waals surface area contributed by atoms with Gasteiger partial charge < -0.3 is 10.2 Å². The lowest BCUT2D eigenvalue weighted by Gasteiger charge is -2.23. The molecular weight excluding hydrogens is 208 g/mol. The van der Waals surface area contributed by atoms with Gasteiger partial charge in [-0.15, -0.1) is 0 Å². The van der Waals surface area contributed by atoms with Crippen LogP contribution in [0.3, 0.4) is 0 Å². The molecule has 2 heteroatoms. The van der Waals surface area contributed by atoms with Gasteiger partial charge in [0, 0.05) is 24.8 Å². The maximum absolute atomic E-state index is 3.57. The first kappa shape index (κ1) is 12.4. The Labute approximate surface area is 105 Å². The van der Waals surface area contributed by atoms with E-state index in [4.69, 9.17) is 0 Å². The Morgan fingerprint density at radius 3 is 2.59 bits per heavy atom. The minimum atomic E-state index is 0.853. The zero-order valence-corrected chi connectivity index (χ0v) is 10.9. The molecule has 0 amide bonds. The number of nitrogens with one attached hydrogen (secondary N) is 1. The van der Waals surface area contributed by atoms with Crippen LogP contribution >= 0.6 is 0 Å². The average Bonchev–Trinajstić information content (AvgIpc) is 3.19. The molecule has 1 N–H and O–H groups in total. The van der Waals surface area contributed by atoms with E-state index in [1.165, 1.54) is 44.5 Å². The summed E-state index contributed by atoms with van der Waals surface area (Å²) in [6.45, 7) is 5.69. The molecule has 0 aliphatic heterocycles. The first-order valence-electron chi connectivity index (χ1n) is 6.93. The largest absolute Gasteiger partial charge is 0.372 e. The maximum atomic E-state index is 3.57. The smallest absolute Gasteiger partial charge is 0.0366 e. The summed E-state index contributed by atoms with van der Waals surface area (Å²) in [5, 5.41) is 3.57. The van der Waals surface area contributed by atoms with E-state index >= 15 is 0 Å². The van der Waals surface area contributed by atoms with Gasteiger partial charge in [0.15, 0.2) is 0 Å². The van der Waals surface area contributed by atoms with Gasteiger partial charge in [0.25, 0.3) is 0 Å². The first-order valence-corrected chi connectivity index (χ1v) is 6.93. The number of rotatable bonds is 8. The molecular formula is C15H24N2. The standard InChI is InChI=1S/C15H24N2/c1-2-17(15-8-4-3-5-9-15)13-7-6-12-16-14-10-11-14/h3-5,8-9,14,16H,2,6-7,10-13H2,1H3. The molecule has 0 bridgehead atoms. The summed E-state index contributed by atoms with van der Waals surface area (Å²) in [5.41, 5.74) is 1.35. The first-order chi connectivity index (χ1) is 8.40. The molecule has 0 heterocycles. The van der Waals surface area contributed by atoms with Crippen molar-refractivity contribution in [2.24, 2.45) is 0 Å². The molecule has 0 saturated heterocycles. The van der Waals surface area contributed by atoms with Crippen LogP contribution in [0.25, 0.3) is 0 Å². The third-order valence-corrected chi connectivity index (χ3v) is 3.37. The molecule has 1 aromatic rings. The molecule has 94 valence electrons. The van der Waals surface area contributed by atoms with Crippen LogP contribution < -0.4 is 10.2 Å². The quantitative estimate of drug-likeness (QED) is 0.693. The van der Waals surface area contributed by atoms with E-state index in [0.717, 1.165) is 12.6 Å². The van der Waals surface area contributed by atoms with Gasteiger partial charge in [-0.25, -0.2) is 0 Å². The normalized spacial score (nSPS) is 14.9. The van der Waals surface area contributed by atoms with E-state index in [0.29, 0.717) is 0 Å². The monoisotopic (exact) mass is 232 g/mol. The average molecular weight is 232 g/mol. The van der Waals surface area contributed by atoms with Crippen molar-refractivity contribution >= 4 is 5.69 Å². The Hall–Kier alpha value is -1.02. The van der Waals surface area contributed by atoms with E-state index in [9.17, 15) is 0 Å². The predicted molar refractivity (Wildman–Crippen MR) is 74.6 cm³/mol. The van der Waals surface area contributed by atoms with Crippen molar-refractivity contribution in [1.82, 2.24) is 5.32 Å². The minimum absolute atomic E-state index is 0.853. The van der Waals surface area contributed by atoms with Crippen LogP contribution in [-0.2, 0) is 0 Å². The summed E-state index contributed by atoms with van der Waals surface area (Å²) >= 11 is 0. The number of benzene rings is 1. The van der Waals surface area contributed by atoms with Crippen LogP contribution in [0.5, 0.6) is 0 Å². The molecule has 2 nitrogen and oxygen atoms in total. The van der Waals surface area contributed by atoms with E-state index < -0.39 is 0 Å². The van der Waals surface area contributed by atoms with Crippen molar-refractivity contribution in [2.75, 3.05) is 24.5 Å². The Morgan fingerprint density at radius 1 is 1.18 bits per heavy atom. The molecule has 1 aliphatic rings. The highest BCUT2D eigenvalue weighted by molar-refractivity contribution is 5.45. The molecule has 1 aromatic carbocycles. The van der Waals surface area contributed by atoms with Gasteiger partial charge in [-0.2, -0.15) is 0 Å². The lowest BCUT2D eigenvalue weighted by molar-refractivity contribution is 0.612. The van der Waals surface area contributed by atoms with Crippen LogP contribution in [0, 0.1) is 0 Å². The topological polar surface area (TPSA) is 15.3 Å². The molecule has 0 radical (unpaired) electrons. The number of para-hydroxylation sites is 1. The summed E-state index contributed by atoms with van der Waals surface area (Å²) in [4.78, 5) is 2.46. The SMILES string of the molecule is CCN(CCCCNC1CC1)c1ccccc1. The molecule has 1 saturated carbocycles. The Bertz CT molecular complexity index is 306.